The summed E-state index contributed by atoms with van der Waals surface area (Å²) in [5, 5.41) is 8.47. The van der Waals surface area contributed by atoms with Crippen LogP contribution < -0.4 is 0 Å². The predicted octanol–water partition coefficient (Wildman–Crippen LogP) is 0.988. The lowest BCUT2D eigenvalue weighted by Crippen LogP contribution is -1.94. The smallest absolute Gasteiger partial charge is 0.355 e. The number of ether oxygens (including phenoxy) is 1. The van der Waals surface area contributed by atoms with Crippen LogP contribution in [-0.2, 0) is 11.3 Å². The molecular formula is C6H7NO3S. The highest BCUT2D eigenvalue weighted by Crippen LogP contribution is 2.10. The van der Waals surface area contributed by atoms with Crippen molar-refractivity contribution in [2.45, 2.75) is 6.61 Å². The Labute approximate surface area is 67.6 Å². The van der Waals surface area contributed by atoms with Gasteiger partial charge in [0.2, 0.25) is 0 Å². The van der Waals surface area contributed by atoms with Gasteiger partial charge in [0.25, 0.3) is 0 Å². The van der Waals surface area contributed by atoms with Gasteiger partial charge < -0.3 is 9.84 Å². The lowest BCUT2D eigenvalue weighted by atomic mass is 10.4. The molecule has 4 nitrogen and oxygen atoms in total. The van der Waals surface area contributed by atoms with Gasteiger partial charge >= 0.3 is 5.97 Å². The Kier molecular flexibility index (Phi) is 2.56. The first-order valence-corrected chi connectivity index (χ1v) is 3.69. The second-order valence-electron chi connectivity index (χ2n) is 1.92. The molecule has 0 radical (unpaired) electrons. The maximum atomic E-state index is 10.3. The van der Waals surface area contributed by atoms with Crippen molar-refractivity contribution in [1.29, 1.82) is 0 Å². The number of carbonyl (C=O) groups is 1. The Balaban J connectivity index is 2.73. The van der Waals surface area contributed by atoms with Crippen LogP contribution in [0.15, 0.2) is 6.07 Å². The second kappa shape index (κ2) is 3.45. The second-order valence-corrected chi connectivity index (χ2v) is 2.81. The Hall–Kier alpha value is -0.940. The first-order valence-electron chi connectivity index (χ1n) is 2.92. The van der Waals surface area contributed by atoms with Crippen LogP contribution in [0.1, 0.15) is 15.4 Å². The number of hydrogen-bond donors (Lipinski definition) is 1. The maximum absolute atomic E-state index is 10.3. The molecule has 0 aliphatic heterocycles. The third-order valence-corrected chi connectivity index (χ3v) is 1.82. The number of methoxy groups -OCH3 is 1. The maximum Gasteiger partial charge on any atom is 0.355 e. The largest absolute Gasteiger partial charge is 0.476 e. The molecule has 1 heterocycles. The minimum Gasteiger partial charge on any atom is -0.476 e. The van der Waals surface area contributed by atoms with Crippen LogP contribution in [0.4, 0.5) is 0 Å². The first-order chi connectivity index (χ1) is 5.24. The third kappa shape index (κ3) is 1.99. The van der Waals surface area contributed by atoms with Gasteiger partial charge in [0, 0.05) is 7.11 Å². The van der Waals surface area contributed by atoms with Crippen LogP contribution in [0.25, 0.3) is 0 Å². The minimum atomic E-state index is -0.997. The zero-order valence-corrected chi connectivity index (χ0v) is 6.72. The molecule has 0 unspecified atom stereocenters. The van der Waals surface area contributed by atoms with E-state index in [0.717, 1.165) is 16.4 Å². The molecule has 11 heavy (non-hydrogen) atoms. The average Bonchev–Trinajstić information content (AvgIpc) is 2.37. The summed E-state index contributed by atoms with van der Waals surface area (Å²) < 4.78 is 8.49. The minimum absolute atomic E-state index is 0.0852. The standard InChI is InChI=1S/C6H7NO3S/c1-10-3-4-2-5(6(8)9)7-11-4/h2H,3H2,1H3,(H,8,9). The highest BCUT2D eigenvalue weighted by atomic mass is 32.1. The van der Waals surface area contributed by atoms with Crippen LogP contribution in [0.5, 0.6) is 0 Å². The fourth-order valence-corrected chi connectivity index (χ4v) is 1.31. The van der Waals surface area contributed by atoms with E-state index in [-0.39, 0.29) is 5.69 Å². The van der Waals surface area contributed by atoms with Gasteiger partial charge in [0.1, 0.15) is 0 Å². The zero-order chi connectivity index (χ0) is 8.27. The number of hydrogen-bond acceptors (Lipinski definition) is 4. The number of aromatic carboxylic acids is 1. The quantitative estimate of drug-likeness (QED) is 0.740. The van der Waals surface area contributed by atoms with Gasteiger partial charge in [0.05, 0.1) is 11.5 Å². The number of rotatable bonds is 3. The molecule has 5 heteroatoms. The van der Waals surface area contributed by atoms with E-state index in [1.54, 1.807) is 7.11 Å². The third-order valence-electron chi connectivity index (χ3n) is 1.06. The Morgan fingerprint density at radius 2 is 2.64 bits per heavy atom. The summed E-state index contributed by atoms with van der Waals surface area (Å²) in [5.41, 5.74) is 0.0852. The highest BCUT2D eigenvalue weighted by Gasteiger charge is 2.07. The Bertz CT molecular complexity index is 258. The van der Waals surface area contributed by atoms with Crippen LogP contribution in [0, 0.1) is 0 Å². The molecule has 60 valence electrons. The molecule has 0 atom stereocenters. The molecule has 0 spiro atoms. The summed E-state index contributed by atoms with van der Waals surface area (Å²) in [6.07, 6.45) is 0. The molecule has 0 fully saturated rings. The molecule has 1 aromatic heterocycles. The van der Waals surface area contributed by atoms with Crippen molar-refractivity contribution in [2.24, 2.45) is 0 Å². The summed E-state index contributed by atoms with van der Waals surface area (Å²) in [4.78, 5) is 11.1. The van der Waals surface area contributed by atoms with Crippen LogP contribution in [0.3, 0.4) is 0 Å². The highest BCUT2D eigenvalue weighted by molar-refractivity contribution is 7.05. The van der Waals surface area contributed by atoms with Gasteiger partial charge in [-0.05, 0) is 17.6 Å². The summed E-state index contributed by atoms with van der Waals surface area (Å²) in [6.45, 7) is 0.422. The van der Waals surface area contributed by atoms with Crippen LogP contribution in [0.2, 0.25) is 0 Å². The van der Waals surface area contributed by atoms with E-state index in [4.69, 9.17) is 9.84 Å². The van der Waals surface area contributed by atoms with E-state index in [0.29, 0.717) is 6.61 Å². The molecule has 0 saturated heterocycles. The van der Waals surface area contributed by atoms with E-state index >= 15 is 0 Å². The Morgan fingerprint density at radius 3 is 3.09 bits per heavy atom. The van der Waals surface area contributed by atoms with Crippen molar-refractivity contribution >= 4 is 17.5 Å². The van der Waals surface area contributed by atoms with Crippen molar-refractivity contribution in [3.05, 3.63) is 16.6 Å². The normalized spacial score (nSPS) is 9.91. The van der Waals surface area contributed by atoms with E-state index < -0.39 is 5.97 Å². The van der Waals surface area contributed by atoms with Gasteiger partial charge in [-0.3, -0.25) is 0 Å². The molecule has 0 saturated carbocycles. The number of nitrogens with zero attached hydrogens (tertiary/aromatic N) is 1. The van der Waals surface area contributed by atoms with Crippen molar-refractivity contribution < 1.29 is 14.6 Å². The van der Waals surface area contributed by atoms with Crippen LogP contribution >= 0.6 is 11.5 Å². The zero-order valence-electron chi connectivity index (χ0n) is 5.90. The number of carboxylic acid groups (broad SMARTS) is 1. The SMILES string of the molecule is COCc1cc(C(=O)O)ns1. The first kappa shape index (κ1) is 8.16. The number of aromatic nitrogens is 1. The summed E-state index contributed by atoms with van der Waals surface area (Å²) in [5.74, 6) is -0.997. The molecule has 0 aromatic carbocycles. The van der Waals surface area contributed by atoms with Gasteiger partial charge in [-0.1, -0.05) is 0 Å². The van der Waals surface area contributed by atoms with E-state index in [9.17, 15) is 4.79 Å². The average molecular weight is 173 g/mol. The lowest BCUT2D eigenvalue weighted by molar-refractivity contribution is 0.0691. The summed E-state index contributed by atoms with van der Waals surface area (Å²) in [7, 11) is 1.56. The lowest BCUT2D eigenvalue weighted by Gasteiger charge is -1.88. The molecule has 1 N–H and O–H groups in total. The molecule has 1 rings (SSSR count). The van der Waals surface area contributed by atoms with Crippen molar-refractivity contribution in [3.63, 3.8) is 0 Å². The molecule has 0 bridgehead atoms. The van der Waals surface area contributed by atoms with E-state index in [1.165, 1.54) is 6.07 Å². The van der Waals surface area contributed by atoms with Crippen LogP contribution in [-0.4, -0.2) is 22.6 Å². The molecule has 0 aliphatic carbocycles. The Morgan fingerprint density at radius 1 is 1.91 bits per heavy atom. The van der Waals surface area contributed by atoms with E-state index in [1.807, 2.05) is 0 Å². The molecular weight excluding hydrogens is 166 g/mol. The van der Waals surface area contributed by atoms with Crippen molar-refractivity contribution in [1.82, 2.24) is 4.37 Å². The van der Waals surface area contributed by atoms with E-state index in [2.05, 4.69) is 4.37 Å². The molecule has 0 amide bonds. The fourth-order valence-electron chi connectivity index (χ4n) is 0.624. The fraction of sp³-hybridized carbons (Fsp3) is 0.333. The van der Waals surface area contributed by atoms with Gasteiger partial charge in [-0.25, -0.2) is 4.79 Å². The molecule has 1 aromatic rings. The summed E-state index contributed by atoms with van der Waals surface area (Å²) in [6, 6.07) is 1.51. The predicted molar refractivity (Wildman–Crippen MR) is 39.8 cm³/mol. The number of carboxylic acids is 1. The summed E-state index contributed by atoms with van der Waals surface area (Å²) >= 11 is 1.15. The topological polar surface area (TPSA) is 59.4 Å². The van der Waals surface area contributed by atoms with Gasteiger partial charge in [-0.2, -0.15) is 4.37 Å². The monoisotopic (exact) mass is 173 g/mol. The van der Waals surface area contributed by atoms with Gasteiger partial charge in [0.15, 0.2) is 5.69 Å². The van der Waals surface area contributed by atoms with Crippen molar-refractivity contribution in [2.75, 3.05) is 7.11 Å². The van der Waals surface area contributed by atoms with Crippen molar-refractivity contribution in [3.8, 4) is 0 Å². The van der Waals surface area contributed by atoms with Gasteiger partial charge in [-0.15, -0.1) is 0 Å². The molecule has 0 aliphatic rings.